The fraction of sp³-hybridized carbons (Fsp3) is 0.0833. The van der Waals surface area contributed by atoms with E-state index in [2.05, 4.69) is 9.97 Å². The SMILES string of the molecule is COc1ccccc1Sc1cncc(C(=O)O)n1. The number of para-hydroxylation sites is 1. The summed E-state index contributed by atoms with van der Waals surface area (Å²) in [5.41, 5.74) is -0.0742. The van der Waals surface area contributed by atoms with Gasteiger partial charge in [0.2, 0.25) is 0 Å². The number of benzene rings is 1. The Morgan fingerprint density at radius 1 is 1.33 bits per heavy atom. The van der Waals surface area contributed by atoms with E-state index >= 15 is 0 Å². The summed E-state index contributed by atoms with van der Waals surface area (Å²) in [4.78, 5) is 19.5. The van der Waals surface area contributed by atoms with Crippen LogP contribution in [0.5, 0.6) is 5.75 Å². The van der Waals surface area contributed by atoms with Crippen molar-refractivity contribution in [3.8, 4) is 5.75 Å². The number of rotatable bonds is 4. The van der Waals surface area contributed by atoms with E-state index < -0.39 is 5.97 Å². The molecule has 0 unspecified atom stereocenters. The quantitative estimate of drug-likeness (QED) is 0.911. The lowest BCUT2D eigenvalue weighted by atomic mass is 10.3. The van der Waals surface area contributed by atoms with Gasteiger partial charge in [0.1, 0.15) is 10.8 Å². The van der Waals surface area contributed by atoms with Gasteiger partial charge < -0.3 is 9.84 Å². The summed E-state index contributed by atoms with van der Waals surface area (Å²) in [6, 6.07) is 7.44. The zero-order valence-corrected chi connectivity index (χ0v) is 10.3. The van der Waals surface area contributed by atoms with Crippen molar-refractivity contribution in [3.63, 3.8) is 0 Å². The summed E-state index contributed by atoms with van der Waals surface area (Å²) >= 11 is 1.31. The lowest BCUT2D eigenvalue weighted by Gasteiger charge is -2.06. The zero-order valence-electron chi connectivity index (χ0n) is 9.53. The van der Waals surface area contributed by atoms with Crippen molar-refractivity contribution in [3.05, 3.63) is 42.4 Å². The highest BCUT2D eigenvalue weighted by atomic mass is 32.2. The molecule has 0 radical (unpaired) electrons. The molecule has 0 saturated heterocycles. The molecule has 6 heteroatoms. The minimum absolute atomic E-state index is 0.0742. The van der Waals surface area contributed by atoms with Crippen LogP contribution in [0.2, 0.25) is 0 Å². The van der Waals surface area contributed by atoms with Gasteiger partial charge in [0.25, 0.3) is 0 Å². The second-order valence-corrected chi connectivity index (χ2v) is 4.36. The molecule has 92 valence electrons. The van der Waals surface area contributed by atoms with Gasteiger partial charge in [0.15, 0.2) is 5.69 Å². The van der Waals surface area contributed by atoms with Crippen LogP contribution in [0.3, 0.4) is 0 Å². The van der Waals surface area contributed by atoms with Gasteiger partial charge in [-0.2, -0.15) is 0 Å². The molecule has 1 aromatic carbocycles. The Morgan fingerprint density at radius 2 is 2.11 bits per heavy atom. The summed E-state index contributed by atoms with van der Waals surface area (Å²) in [5, 5.41) is 9.35. The number of carboxylic acids is 1. The van der Waals surface area contributed by atoms with E-state index in [0.717, 1.165) is 4.90 Å². The molecule has 0 spiro atoms. The lowest BCUT2D eigenvalue weighted by molar-refractivity contribution is 0.0689. The predicted octanol–water partition coefficient (Wildman–Crippen LogP) is 2.33. The van der Waals surface area contributed by atoms with Crippen LogP contribution in [0.15, 0.2) is 46.6 Å². The van der Waals surface area contributed by atoms with Gasteiger partial charge in [-0.25, -0.2) is 9.78 Å². The van der Waals surface area contributed by atoms with Gasteiger partial charge in [-0.15, -0.1) is 0 Å². The normalized spacial score (nSPS) is 10.1. The molecule has 0 saturated carbocycles. The number of nitrogens with zero attached hydrogens (tertiary/aromatic N) is 2. The standard InChI is InChI=1S/C12H10N2O3S/c1-17-9-4-2-3-5-10(9)18-11-7-13-6-8(14-11)12(15)16/h2-7H,1H3,(H,15,16). The molecule has 0 amide bonds. The number of methoxy groups -OCH3 is 1. The van der Waals surface area contributed by atoms with E-state index in [1.165, 1.54) is 24.2 Å². The number of hydrogen-bond acceptors (Lipinski definition) is 5. The van der Waals surface area contributed by atoms with Crippen LogP contribution in [0.25, 0.3) is 0 Å². The molecule has 1 aromatic heterocycles. The first-order chi connectivity index (χ1) is 8.70. The van der Waals surface area contributed by atoms with Gasteiger partial charge in [-0.1, -0.05) is 23.9 Å². The fourth-order valence-electron chi connectivity index (χ4n) is 1.32. The molecule has 2 aromatic rings. The van der Waals surface area contributed by atoms with Crippen LogP contribution >= 0.6 is 11.8 Å². The Balaban J connectivity index is 2.28. The van der Waals surface area contributed by atoms with Gasteiger partial charge in [-0.05, 0) is 12.1 Å². The van der Waals surface area contributed by atoms with Gasteiger partial charge >= 0.3 is 5.97 Å². The molecule has 2 rings (SSSR count). The van der Waals surface area contributed by atoms with E-state index in [-0.39, 0.29) is 5.69 Å². The Kier molecular flexibility index (Phi) is 3.78. The summed E-state index contributed by atoms with van der Waals surface area (Å²) in [6.07, 6.45) is 2.73. The molecule has 18 heavy (non-hydrogen) atoms. The molecule has 1 heterocycles. The zero-order chi connectivity index (χ0) is 13.0. The monoisotopic (exact) mass is 262 g/mol. The van der Waals surface area contributed by atoms with Crippen LogP contribution in [0.1, 0.15) is 10.5 Å². The molecular formula is C12H10N2O3S. The van der Waals surface area contributed by atoms with Crippen molar-refractivity contribution < 1.29 is 14.6 Å². The van der Waals surface area contributed by atoms with Crippen LogP contribution in [-0.4, -0.2) is 28.2 Å². The number of aromatic carboxylic acids is 1. The topological polar surface area (TPSA) is 72.3 Å². The maximum atomic E-state index is 10.8. The molecule has 0 fully saturated rings. The molecule has 0 atom stereocenters. The summed E-state index contributed by atoms with van der Waals surface area (Å²) in [5.74, 6) is -0.380. The lowest BCUT2D eigenvalue weighted by Crippen LogP contribution is -2.01. The van der Waals surface area contributed by atoms with Crippen LogP contribution in [0, 0.1) is 0 Å². The maximum absolute atomic E-state index is 10.8. The Morgan fingerprint density at radius 3 is 2.83 bits per heavy atom. The third-order valence-corrected chi connectivity index (χ3v) is 3.08. The molecule has 0 aliphatic carbocycles. The smallest absolute Gasteiger partial charge is 0.356 e. The van der Waals surface area contributed by atoms with Crippen molar-refractivity contribution in [2.24, 2.45) is 0 Å². The second kappa shape index (κ2) is 5.50. The summed E-state index contributed by atoms with van der Waals surface area (Å²) in [7, 11) is 1.58. The number of carboxylic acid groups (broad SMARTS) is 1. The molecule has 0 aliphatic rings. The van der Waals surface area contributed by atoms with Crippen molar-refractivity contribution in [2.45, 2.75) is 9.92 Å². The van der Waals surface area contributed by atoms with Crippen molar-refractivity contribution >= 4 is 17.7 Å². The second-order valence-electron chi connectivity index (χ2n) is 3.30. The average molecular weight is 262 g/mol. The largest absolute Gasteiger partial charge is 0.496 e. The third kappa shape index (κ3) is 2.78. The molecule has 0 aliphatic heterocycles. The highest BCUT2D eigenvalue weighted by molar-refractivity contribution is 7.99. The van der Waals surface area contributed by atoms with Crippen molar-refractivity contribution in [1.82, 2.24) is 9.97 Å². The van der Waals surface area contributed by atoms with E-state index in [1.54, 1.807) is 7.11 Å². The van der Waals surface area contributed by atoms with E-state index in [9.17, 15) is 4.79 Å². The van der Waals surface area contributed by atoms with E-state index in [0.29, 0.717) is 10.8 Å². The highest BCUT2D eigenvalue weighted by Gasteiger charge is 2.09. The minimum atomic E-state index is -1.09. The minimum Gasteiger partial charge on any atom is -0.496 e. The molecular weight excluding hydrogens is 252 g/mol. The van der Waals surface area contributed by atoms with Crippen molar-refractivity contribution in [1.29, 1.82) is 0 Å². The first-order valence-corrected chi connectivity index (χ1v) is 5.88. The summed E-state index contributed by atoms with van der Waals surface area (Å²) in [6.45, 7) is 0. The van der Waals surface area contributed by atoms with E-state index in [4.69, 9.17) is 9.84 Å². The number of hydrogen-bond donors (Lipinski definition) is 1. The molecule has 1 N–H and O–H groups in total. The van der Waals surface area contributed by atoms with Gasteiger partial charge in [0.05, 0.1) is 24.4 Å². The molecule has 5 nitrogen and oxygen atoms in total. The predicted molar refractivity (Wildman–Crippen MR) is 66.1 cm³/mol. The van der Waals surface area contributed by atoms with E-state index in [1.807, 2.05) is 24.3 Å². The van der Waals surface area contributed by atoms with Gasteiger partial charge in [0, 0.05) is 0 Å². The Labute approximate surface area is 108 Å². The van der Waals surface area contributed by atoms with Crippen molar-refractivity contribution in [2.75, 3.05) is 7.11 Å². The van der Waals surface area contributed by atoms with Crippen LogP contribution in [-0.2, 0) is 0 Å². The van der Waals surface area contributed by atoms with Gasteiger partial charge in [-0.3, -0.25) is 4.98 Å². The molecule has 0 bridgehead atoms. The number of ether oxygens (including phenoxy) is 1. The first-order valence-electron chi connectivity index (χ1n) is 5.07. The number of aromatic nitrogens is 2. The van der Waals surface area contributed by atoms with Crippen LogP contribution < -0.4 is 4.74 Å². The average Bonchev–Trinajstić information content (AvgIpc) is 2.39. The summed E-state index contributed by atoms with van der Waals surface area (Å²) < 4.78 is 5.21. The Hall–Kier alpha value is -2.08. The third-order valence-electron chi connectivity index (χ3n) is 2.12. The first kappa shape index (κ1) is 12.4. The fourth-order valence-corrected chi connectivity index (χ4v) is 2.20. The Bertz CT molecular complexity index is 575. The maximum Gasteiger partial charge on any atom is 0.356 e. The van der Waals surface area contributed by atoms with Crippen LogP contribution in [0.4, 0.5) is 0 Å². The number of carbonyl (C=O) groups is 1. The highest BCUT2D eigenvalue weighted by Crippen LogP contribution is 2.33.